The van der Waals surface area contributed by atoms with Crippen molar-refractivity contribution < 1.29 is 14.2 Å². The quantitative estimate of drug-likeness (QED) is 0.926. The van der Waals surface area contributed by atoms with Crippen LogP contribution in [-0.4, -0.2) is 23.8 Å². The van der Waals surface area contributed by atoms with E-state index >= 15 is 0 Å². The molecule has 0 aliphatic rings. The molecule has 0 saturated heterocycles. The van der Waals surface area contributed by atoms with Gasteiger partial charge in [0.1, 0.15) is 0 Å². The maximum atomic E-state index is 13.6. The first-order chi connectivity index (χ1) is 8.65. The summed E-state index contributed by atoms with van der Waals surface area (Å²) in [5, 5.41) is 9.76. The Balaban J connectivity index is 2.39. The number of aryl methyl sites for hydroxylation is 1. The van der Waals surface area contributed by atoms with Crippen LogP contribution in [0.1, 0.15) is 10.7 Å². The smallest absolute Gasteiger partial charge is 0.165 e. The Morgan fingerprint density at radius 2 is 2.22 bits per heavy atom. The zero-order valence-corrected chi connectivity index (χ0v) is 11.1. The van der Waals surface area contributed by atoms with Gasteiger partial charge in [0.25, 0.3) is 0 Å². The van der Waals surface area contributed by atoms with Gasteiger partial charge in [-0.15, -0.1) is 11.3 Å². The number of nitrogens with zero attached hydrogens (tertiary/aromatic N) is 1. The van der Waals surface area contributed by atoms with E-state index in [0.29, 0.717) is 6.42 Å². The van der Waals surface area contributed by atoms with Gasteiger partial charge < -0.3 is 9.84 Å². The second kappa shape index (κ2) is 5.46. The van der Waals surface area contributed by atoms with Crippen molar-refractivity contribution in [1.82, 2.24) is 4.98 Å². The molecule has 0 saturated carbocycles. The lowest BCUT2D eigenvalue weighted by atomic mass is 10.1. The van der Waals surface area contributed by atoms with Gasteiger partial charge in [0.2, 0.25) is 0 Å². The SMILES string of the molecule is COc1ccc(-c2sc(CCO)nc2C)cc1F. The first kappa shape index (κ1) is 13.0. The normalized spacial score (nSPS) is 10.7. The van der Waals surface area contributed by atoms with E-state index in [9.17, 15) is 4.39 Å². The highest BCUT2D eigenvalue weighted by Gasteiger charge is 2.12. The summed E-state index contributed by atoms with van der Waals surface area (Å²) in [5.41, 5.74) is 1.64. The maximum absolute atomic E-state index is 13.6. The van der Waals surface area contributed by atoms with Gasteiger partial charge in [-0.05, 0) is 30.7 Å². The molecule has 0 aliphatic heterocycles. The second-order valence-electron chi connectivity index (χ2n) is 3.85. The van der Waals surface area contributed by atoms with Gasteiger partial charge in [-0.2, -0.15) is 0 Å². The summed E-state index contributed by atoms with van der Waals surface area (Å²) in [4.78, 5) is 5.28. The number of benzene rings is 1. The molecular formula is C13H14FNO2S. The van der Waals surface area contributed by atoms with E-state index in [-0.39, 0.29) is 18.2 Å². The fourth-order valence-corrected chi connectivity index (χ4v) is 2.78. The van der Waals surface area contributed by atoms with Crippen molar-refractivity contribution in [2.75, 3.05) is 13.7 Å². The Morgan fingerprint density at radius 1 is 1.44 bits per heavy atom. The zero-order valence-electron chi connectivity index (χ0n) is 10.2. The Labute approximate surface area is 109 Å². The summed E-state index contributed by atoms with van der Waals surface area (Å²) in [7, 11) is 1.44. The fraction of sp³-hybridized carbons (Fsp3) is 0.308. The Kier molecular flexibility index (Phi) is 3.93. The van der Waals surface area contributed by atoms with Crippen molar-refractivity contribution >= 4 is 11.3 Å². The maximum Gasteiger partial charge on any atom is 0.165 e. The summed E-state index contributed by atoms with van der Waals surface area (Å²) in [6, 6.07) is 4.86. The summed E-state index contributed by atoms with van der Waals surface area (Å²) in [6.07, 6.45) is 0.532. The van der Waals surface area contributed by atoms with Gasteiger partial charge in [-0.25, -0.2) is 9.37 Å². The van der Waals surface area contributed by atoms with Gasteiger partial charge in [0.05, 0.1) is 22.7 Å². The minimum atomic E-state index is -0.383. The first-order valence-corrected chi connectivity index (χ1v) is 6.38. The highest BCUT2D eigenvalue weighted by atomic mass is 32.1. The number of halogens is 1. The van der Waals surface area contributed by atoms with E-state index in [0.717, 1.165) is 21.1 Å². The molecule has 1 heterocycles. The molecule has 1 aromatic carbocycles. The lowest BCUT2D eigenvalue weighted by Crippen LogP contribution is -1.88. The molecule has 0 amide bonds. The predicted molar refractivity (Wildman–Crippen MR) is 69.6 cm³/mol. The summed E-state index contributed by atoms with van der Waals surface area (Å²) < 4.78 is 18.5. The van der Waals surface area contributed by atoms with Gasteiger partial charge in [-0.3, -0.25) is 0 Å². The number of ether oxygens (including phenoxy) is 1. The average Bonchev–Trinajstić information content (AvgIpc) is 2.71. The number of rotatable bonds is 4. The van der Waals surface area contributed by atoms with Crippen LogP contribution >= 0.6 is 11.3 Å². The zero-order chi connectivity index (χ0) is 13.1. The number of hydrogen-bond acceptors (Lipinski definition) is 4. The van der Waals surface area contributed by atoms with Crippen molar-refractivity contribution in [3.05, 3.63) is 34.7 Å². The van der Waals surface area contributed by atoms with E-state index in [1.165, 1.54) is 24.5 Å². The number of aliphatic hydroxyl groups is 1. The molecule has 0 spiro atoms. The molecule has 2 aromatic rings. The van der Waals surface area contributed by atoms with Crippen LogP contribution in [0.25, 0.3) is 10.4 Å². The Hall–Kier alpha value is -1.46. The molecule has 5 heteroatoms. The predicted octanol–water partition coefficient (Wildman–Crippen LogP) is 2.80. The highest BCUT2D eigenvalue weighted by Crippen LogP contribution is 2.32. The van der Waals surface area contributed by atoms with Crippen LogP contribution < -0.4 is 4.74 Å². The van der Waals surface area contributed by atoms with E-state index < -0.39 is 0 Å². The van der Waals surface area contributed by atoms with E-state index in [1.807, 2.05) is 13.0 Å². The van der Waals surface area contributed by atoms with Gasteiger partial charge in [0, 0.05) is 13.0 Å². The van der Waals surface area contributed by atoms with Crippen molar-refractivity contribution in [3.8, 4) is 16.2 Å². The van der Waals surface area contributed by atoms with Crippen LogP contribution in [0.3, 0.4) is 0 Å². The largest absolute Gasteiger partial charge is 0.494 e. The highest BCUT2D eigenvalue weighted by molar-refractivity contribution is 7.15. The van der Waals surface area contributed by atoms with Crippen molar-refractivity contribution in [2.45, 2.75) is 13.3 Å². The van der Waals surface area contributed by atoms with Crippen molar-refractivity contribution in [2.24, 2.45) is 0 Å². The summed E-state index contributed by atoms with van der Waals surface area (Å²) in [5.74, 6) is -0.150. The van der Waals surface area contributed by atoms with Gasteiger partial charge in [-0.1, -0.05) is 0 Å². The molecule has 18 heavy (non-hydrogen) atoms. The number of aromatic nitrogens is 1. The molecule has 96 valence electrons. The third-order valence-corrected chi connectivity index (χ3v) is 3.85. The molecule has 0 bridgehead atoms. The van der Waals surface area contributed by atoms with Crippen LogP contribution in [0, 0.1) is 12.7 Å². The minimum Gasteiger partial charge on any atom is -0.494 e. The van der Waals surface area contributed by atoms with Crippen molar-refractivity contribution in [1.29, 1.82) is 0 Å². The number of aliphatic hydroxyl groups excluding tert-OH is 1. The van der Waals surface area contributed by atoms with Gasteiger partial charge in [0.15, 0.2) is 11.6 Å². The topological polar surface area (TPSA) is 42.4 Å². The first-order valence-electron chi connectivity index (χ1n) is 5.56. The Bertz CT molecular complexity index is 554. The summed E-state index contributed by atoms with van der Waals surface area (Å²) in [6.45, 7) is 1.96. The lowest BCUT2D eigenvalue weighted by molar-refractivity contribution is 0.299. The molecule has 0 radical (unpaired) electrons. The van der Waals surface area contributed by atoms with Crippen LogP contribution in [0.2, 0.25) is 0 Å². The third kappa shape index (κ3) is 2.52. The van der Waals surface area contributed by atoms with E-state index in [2.05, 4.69) is 4.98 Å². The van der Waals surface area contributed by atoms with Crippen molar-refractivity contribution in [3.63, 3.8) is 0 Å². The standard InChI is InChI=1S/C13H14FNO2S/c1-8-13(18-12(15-8)5-6-16)9-3-4-11(17-2)10(14)7-9/h3-4,7,16H,5-6H2,1-2H3. The fourth-order valence-electron chi connectivity index (χ4n) is 1.73. The van der Waals surface area contributed by atoms with E-state index in [4.69, 9.17) is 9.84 Å². The number of thiazole rings is 1. The molecule has 1 N–H and O–H groups in total. The number of methoxy groups -OCH3 is 1. The molecule has 0 atom stereocenters. The van der Waals surface area contributed by atoms with Crippen LogP contribution in [0.4, 0.5) is 4.39 Å². The van der Waals surface area contributed by atoms with Crippen LogP contribution in [-0.2, 0) is 6.42 Å². The number of hydrogen-bond donors (Lipinski definition) is 1. The second-order valence-corrected chi connectivity index (χ2v) is 4.93. The molecule has 1 aromatic heterocycles. The molecule has 0 unspecified atom stereocenters. The average molecular weight is 267 g/mol. The third-order valence-electron chi connectivity index (χ3n) is 2.58. The molecule has 0 fully saturated rings. The molecular weight excluding hydrogens is 253 g/mol. The Morgan fingerprint density at radius 3 is 2.83 bits per heavy atom. The molecule has 0 aliphatic carbocycles. The van der Waals surface area contributed by atoms with E-state index in [1.54, 1.807) is 6.07 Å². The van der Waals surface area contributed by atoms with Crippen LogP contribution in [0.15, 0.2) is 18.2 Å². The lowest BCUT2D eigenvalue weighted by Gasteiger charge is -2.03. The minimum absolute atomic E-state index is 0.0728. The monoisotopic (exact) mass is 267 g/mol. The molecule has 2 rings (SSSR count). The summed E-state index contributed by atoms with van der Waals surface area (Å²) >= 11 is 1.48. The molecule has 3 nitrogen and oxygen atoms in total. The van der Waals surface area contributed by atoms with Crippen LogP contribution in [0.5, 0.6) is 5.75 Å². The van der Waals surface area contributed by atoms with Gasteiger partial charge >= 0.3 is 0 Å².